The minimum Gasteiger partial charge on any atom is -0.271 e. The number of alkyl halides is 2. The lowest BCUT2D eigenvalue weighted by Crippen LogP contribution is -2.50. The first-order valence-corrected chi connectivity index (χ1v) is 12.2. The lowest BCUT2D eigenvalue weighted by atomic mass is 10.4. The van der Waals surface area contributed by atoms with Crippen LogP contribution in [0, 0.1) is 20.8 Å². The molecule has 1 aliphatic rings. The highest BCUT2D eigenvalue weighted by molar-refractivity contribution is 7.89. The van der Waals surface area contributed by atoms with Gasteiger partial charge in [0.15, 0.2) is 0 Å². The molecule has 0 saturated carbocycles. The summed E-state index contributed by atoms with van der Waals surface area (Å²) in [6.45, 7) is 3.33. The maximum Gasteiger partial charge on any atom is 0.333 e. The van der Waals surface area contributed by atoms with Crippen LogP contribution in [0.5, 0.6) is 0 Å². The lowest BCUT2D eigenvalue weighted by molar-refractivity contribution is 0.0538. The van der Waals surface area contributed by atoms with Gasteiger partial charge < -0.3 is 0 Å². The van der Waals surface area contributed by atoms with E-state index in [4.69, 9.17) is 0 Å². The van der Waals surface area contributed by atoms with Crippen LogP contribution >= 0.6 is 0 Å². The molecular weight excluding hydrogens is 442 g/mol. The normalized spacial score (nSPS) is 17.2. The van der Waals surface area contributed by atoms with Crippen LogP contribution < -0.4 is 0 Å². The fourth-order valence-electron chi connectivity index (χ4n) is 3.54. The number of hydrogen-bond donors (Lipinski definition) is 0. The summed E-state index contributed by atoms with van der Waals surface area (Å²) in [5.41, 5.74) is 0.197. The molecule has 0 atom stereocenters. The second-order valence-electron chi connectivity index (χ2n) is 6.96. The fraction of sp³-hybridized carbons (Fsp3) is 0.625. The molecule has 0 aromatic carbocycles. The van der Waals surface area contributed by atoms with Crippen LogP contribution in [0.1, 0.15) is 30.6 Å². The summed E-state index contributed by atoms with van der Waals surface area (Å²) >= 11 is 0. The highest BCUT2D eigenvalue weighted by Crippen LogP contribution is 2.28. The number of piperazine rings is 1. The van der Waals surface area contributed by atoms with E-state index in [1.54, 1.807) is 6.92 Å². The molecule has 0 aliphatic carbocycles. The molecule has 0 radical (unpaired) electrons. The third kappa shape index (κ3) is 3.76. The Morgan fingerprint density at radius 3 is 1.90 bits per heavy atom. The number of halogens is 2. The van der Waals surface area contributed by atoms with Crippen LogP contribution in [-0.4, -0.2) is 71.2 Å². The van der Waals surface area contributed by atoms with Crippen LogP contribution in [-0.2, 0) is 26.6 Å². The number of hydrogen-bond acceptors (Lipinski definition) is 6. The van der Waals surface area contributed by atoms with Crippen molar-refractivity contribution < 1.29 is 25.6 Å². The molecule has 30 heavy (non-hydrogen) atoms. The summed E-state index contributed by atoms with van der Waals surface area (Å²) < 4.78 is 82.3. The molecule has 0 unspecified atom stereocenters. The largest absolute Gasteiger partial charge is 0.333 e. The van der Waals surface area contributed by atoms with Gasteiger partial charge in [0.2, 0.25) is 20.0 Å². The first-order chi connectivity index (χ1) is 13.9. The Labute approximate surface area is 174 Å². The van der Waals surface area contributed by atoms with Gasteiger partial charge in [-0.05, 0) is 27.7 Å². The Bertz CT molecular complexity index is 1150. The minimum atomic E-state index is -4.10. The van der Waals surface area contributed by atoms with Crippen LogP contribution in [0.4, 0.5) is 8.78 Å². The van der Waals surface area contributed by atoms with E-state index in [0.29, 0.717) is 16.9 Å². The highest BCUT2D eigenvalue weighted by atomic mass is 32.2. The molecule has 0 bridgehead atoms. The maximum absolute atomic E-state index is 13.1. The standard InChI is InChI=1S/C16H24F2N6O4S2/c1-5-21-10-14(11(2)19-21)29(25,26)22-6-8-23(9-7-22)30(27,28)15-12(3)20-24(13(15)4)16(17)18/h10,16H,5-9H2,1-4H3. The second-order valence-corrected chi connectivity index (χ2v) is 10.7. The van der Waals surface area contributed by atoms with E-state index in [1.807, 2.05) is 6.92 Å². The lowest BCUT2D eigenvalue weighted by Gasteiger charge is -2.33. The minimum absolute atomic E-state index is 0.0227. The molecule has 1 saturated heterocycles. The first-order valence-electron chi connectivity index (χ1n) is 9.29. The van der Waals surface area contributed by atoms with Gasteiger partial charge in [0.1, 0.15) is 9.79 Å². The second kappa shape index (κ2) is 7.98. The van der Waals surface area contributed by atoms with E-state index in [9.17, 15) is 25.6 Å². The number of rotatable bonds is 6. The number of nitrogens with zero attached hydrogens (tertiary/aromatic N) is 6. The molecule has 3 heterocycles. The molecule has 10 nitrogen and oxygen atoms in total. The molecule has 168 valence electrons. The molecule has 1 fully saturated rings. The number of sulfonamides is 2. The summed E-state index contributed by atoms with van der Waals surface area (Å²) in [6.07, 6.45) is 1.46. The van der Waals surface area contributed by atoms with Crippen molar-refractivity contribution in [2.75, 3.05) is 26.2 Å². The molecule has 0 N–H and O–H groups in total. The van der Waals surface area contributed by atoms with Crippen molar-refractivity contribution in [3.63, 3.8) is 0 Å². The monoisotopic (exact) mass is 466 g/mol. The van der Waals surface area contributed by atoms with Gasteiger partial charge >= 0.3 is 6.55 Å². The van der Waals surface area contributed by atoms with Crippen molar-refractivity contribution in [3.8, 4) is 0 Å². The van der Waals surface area contributed by atoms with Crippen molar-refractivity contribution >= 4 is 20.0 Å². The average molecular weight is 467 g/mol. The van der Waals surface area contributed by atoms with Crippen molar-refractivity contribution in [1.29, 1.82) is 0 Å². The molecule has 14 heteroatoms. The van der Waals surface area contributed by atoms with Gasteiger partial charge in [-0.2, -0.15) is 27.6 Å². The van der Waals surface area contributed by atoms with Gasteiger partial charge in [-0.15, -0.1) is 0 Å². The van der Waals surface area contributed by atoms with Crippen molar-refractivity contribution in [2.45, 2.75) is 50.6 Å². The van der Waals surface area contributed by atoms with Crippen LogP contribution in [0.25, 0.3) is 0 Å². The molecule has 2 aromatic heterocycles. The number of aromatic nitrogens is 4. The van der Waals surface area contributed by atoms with E-state index < -0.39 is 26.6 Å². The SMILES string of the molecule is CCn1cc(S(=O)(=O)N2CCN(S(=O)(=O)c3c(C)nn(C(F)F)c3C)CC2)c(C)n1. The molecule has 0 spiro atoms. The van der Waals surface area contributed by atoms with Gasteiger partial charge in [-0.25, -0.2) is 21.5 Å². The van der Waals surface area contributed by atoms with Crippen molar-refractivity contribution in [2.24, 2.45) is 0 Å². The summed E-state index contributed by atoms with van der Waals surface area (Å²) in [5.74, 6) is 0. The van der Waals surface area contributed by atoms with E-state index in [2.05, 4.69) is 10.2 Å². The highest BCUT2D eigenvalue weighted by Gasteiger charge is 2.37. The summed E-state index contributed by atoms with van der Waals surface area (Å²) in [7, 11) is -7.93. The quantitative estimate of drug-likeness (QED) is 0.631. The third-order valence-electron chi connectivity index (χ3n) is 5.08. The predicted molar refractivity (Wildman–Crippen MR) is 103 cm³/mol. The van der Waals surface area contributed by atoms with Crippen LogP contribution in [0.3, 0.4) is 0 Å². The Kier molecular flexibility index (Phi) is 6.06. The summed E-state index contributed by atoms with van der Waals surface area (Å²) in [4.78, 5) is -0.176. The zero-order valence-electron chi connectivity index (χ0n) is 17.1. The first kappa shape index (κ1) is 22.8. The Morgan fingerprint density at radius 1 is 0.933 bits per heavy atom. The predicted octanol–water partition coefficient (Wildman–Crippen LogP) is 1.12. The maximum atomic E-state index is 13.1. The number of aryl methyl sites for hydroxylation is 3. The summed E-state index contributed by atoms with van der Waals surface area (Å²) in [6, 6.07) is 0. The zero-order valence-corrected chi connectivity index (χ0v) is 18.7. The topological polar surface area (TPSA) is 110 Å². The van der Waals surface area contributed by atoms with E-state index in [1.165, 1.54) is 29.0 Å². The van der Waals surface area contributed by atoms with Gasteiger partial charge in [0, 0.05) is 38.9 Å². The van der Waals surface area contributed by atoms with Gasteiger partial charge in [0.05, 0.1) is 17.1 Å². The van der Waals surface area contributed by atoms with Crippen molar-refractivity contribution in [3.05, 3.63) is 23.3 Å². The zero-order chi connectivity index (χ0) is 22.4. The third-order valence-corrected chi connectivity index (χ3v) is 9.24. The average Bonchev–Trinajstić information content (AvgIpc) is 3.21. The summed E-state index contributed by atoms with van der Waals surface area (Å²) in [5, 5.41) is 7.78. The molecule has 1 aliphatic heterocycles. The van der Waals surface area contributed by atoms with Gasteiger partial charge in [-0.3, -0.25) is 4.68 Å². The van der Waals surface area contributed by atoms with Crippen molar-refractivity contribution in [1.82, 2.24) is 28.2 Å². The van der Waals surface area contributed by atoms with E-state index >= 15 is 0 Å². The van der Waals surface area contributed by atoms with Gasteiger partial charge in [0.25, 0.3) is 0 Å². The molecule has 3 rings (SSSR count). The Balaban J connectivity index is 1.82. The molecule has 0 amide bonds. The van der Waals surface area contributed by atoms with Crippen LogP contribution in [0.15, 0.2) is 16.0 Å². The smallest absolute Gasteiger partial charge is 0.271 e. The van der Waals surface area contributed by atoms with E-state index in [0.717, 1.165) is 4.31 Å². The Hall–Kier alpha value is -1.90. The fourth-order valence-corrected chi connectivity index (χ4v) is 6.92. The van der Waals surface area contributed by atoms with Crippen LogP contribution in [0.2, 0.25) is 0 Å². The van der Waals surface area contributed by atoms with E-state index in [-0.39, 0.29) is 47.4 Å². The molecular formula is C16H24F2N6O4S2. The van der Waals surface area contributed by atoms with Gasteiger partial charge in [-0.1, -0.05) is 0 Å². The molecule has 2 aromatic rings. The Morgan fingerprint density at radius 2 is 1.47 bits per heavy atom.